The van der Waals surface area contributed by atoms with E-state index in [9.17, 15) is 4.79 Å². The van der Waals surface area contributed by atoms with E-state index in [0.29, 0.717) is 12.1 Å². The molecule has 0 saturated carbocycles. The van der Waals surface area contributed by atoms with Crippen molar-refractivity contribution < 1.29 is 9.53 Å². The molecule has 1 aliphatic heterocycles. The van der Waals surface area contributed by atoms with E-state index < -0.39 is 0 Å². The maximum Gasteiger partial charge on any atom is 0.253 e. The second kappa shape index (κ2) is 9.21. The molecule has 2 aromatic carbocycles. The molecule has 0 bridgehead atoms. The fourth-order valence-electron chi connectivity index (χ4n) is 3.25. The molecule has 1 saturated heterocycles. The number of amides is 1. The molecule has 0 radical (unpaired) electrons. The van der Waals surface area contributed by atoms with Gasteiger partial charge in [0.05, 0.1) is 24.5 Å². The molecule has 4 rings (SSSR count). The van der Waals surface area contributed by atoms with Crippen LogP contribution in [0.3, 0.4) is 0 Å². The number of para-hydroxylation sites is 2. The lowest BCUT2D eigenvalue weighted by Gasteiger charge is -2.27. The molecule has 2 N–H and O–H groups in total. The van der Waals surface area contributed by atoms with Crippen molar-refractivity contribution >= 4 is 23.1 Å². The molecule has 1 aromatic heterocycles. The predicted octanol–water partition coefficient (Wildman–Crippen LogP) is 3.59. The number of hydrogen-bond acceptors (Lipinski definition) is 5. The van der Waals surface area contributed by atoms with Crippen molar-refractivity contribution in [1.82, 2.24) is 10.3 Å². The first-order valence-electron chi connectivity index (χ1n) is 9.76. The molecule has 0 atom stereocenters. The number of carbonyl (C=O) groups is 1. The van der Waals surface area contributed by atoms with E-state index in [1.165, 1.54) is 0 Å². The third-order valence-electron chi connectivity index (χ3n) is 4.82. The van der Waals surface area contributed by atoms with Crippen LogP contribution in [0.5, 0.6) is 0 Å². The lowest BCUT2D eigenvalue weighted by molar-refractivity contribution is 0.0951. The predicted molar refractivity (Wildman–Crippen MR) is 115 cm³/mol. The highest BCUT2D eigenvalue weighted by atomic mass is 16.5. The van der Waals surface area contributed by atoms with Crippen LogP contribution in [-0.2, 0) is 11.3 Å². The summed E-state index contributed by atoms with van der Waals surface area (Å²) in [5.41, 5.74) is 3.28. The summed E-state index contributed by atoms with van der Waals surface area (Å²) in [6.07, 6.45) is 1.82. The topological polar surface area (TPSA) is 66.5 Å². The molecular weight excluding hydrogens is 364 g/mol. The van der Waals surface area contributed by atoms with Crippen LogP contribution in [0.25, 0.3) is 0 Å². The maximum atomic E-state index is 12.7. The molecule has 1 fully saturated rings. The molecule has 1 amide bonds. The molecule has 0 aliphatic carbocycles. The quantitative estimate of drug-likeness (QED) is 0.676. The summed E-state index contributed by atoms with van der Waals surface area (Å²) in [5, 5.41) is 6.29. The zero-order valence-electron chi connectivity index (χ0n) is 16.2. The fraction of sp³-hybridized carbons (Fsp3) is 0.217. The Hall–Kier alpha value is -3.38. The zero-order chi connectivity index (χ0) is 19.9. The highest BCUT2D eigenvalue weighted by Crippen LogP contribution is 2.21. The largest absolute Gasteiger partial charge is 0.378 e. The summed E-state index contributed by atoms with van der Waals surface area (Å²) in [4.78, 5) is 19.5. The van der Waals surface area contributed by atoms with Gasteiger partial charge in [0.1, 0.15) is 5.82 Å². The van der Waals surface area contributed by atoms with Crippen LogP contribution in [0.4, 0.5) is 17.2 Å². The molecule has 0 unspecified atom stereocenters. The average Bonchev–Trinajstić information content (AvgIpc) is 2.79. The van der Waals surface area contributed by atoms with Gasteiger partial charge in [-0.15, -0.1) is 0 Å². The Kier molecular flexibility index (Phi) is 6.02. The lowest BCUT2D eigenvalue weighted by Crippen LogP contribution is -2.36. The van der Waals surface area contributed by atoms with Gasteiger partial charge in [-0.2, -0.15) is 0 Å². The standard InChI is InChI=1S/C23H24N4O2/c28-23(20-8-4-5-9-21(20)26-19-6-2-1-3-7-19)25-17-18-10-11-22(24-16-18)27-12-14-29-15-13-27/h1-11,16,26H,12-15,17H2,(H,25,28). The lowest BCUT2D eigenvalue weighted by atomic mass is 10.1. The zero-order valence-corrected chi connectivity index (χ0v) is 16.2. The summed E-state index contributed by atoms with van der Waals surface area (Å²) in [7, 11) is 0. The van der Waals surface area contributed by atoms with Crippen molar-refractivity contribution in [3.8, 4) is 0 Å². The first-order valence-corrected chi connectivity index (χ1v) is 9.76. The number of pyridine rings is 1. The highest BCUT2D eigenvalue weighted by molar-refractivity contribution is 6.00. The molecule has 2 heterocycles. The van der Waals surface area contributed by atoms with Crippen LogP contribution in [-0.4, -0.2) is 37.2 Å². The van der Waals surface area contributed by atoms with Gasteiger partial charge < -0.3 is 20.3 Å². The van der Waals surface area contributed by atoms with E-state index in [2.05, 4.69) is 20.5 Å². The van der Waals surface area contributed by atoms with Gasteiger partial charge in [0.15, 0.2) is 0 Å². The number of benzene rings is 2. The van der Waals surface area contributed by atoms with Gasteiger partial charge in [-0.3, -0.25) is 4.79 Å². The number of aromatic nitrogens is 1. The minimum absolute atomic E-state index is 0.124. The number of carbonyl (C=O) groups excluding carboxylic acids is 1. The number of anilines is 3. The van der Waals surface area contributed by atoms with Gasteiger partial charge in [-0.1, -0.05) is 36.4 Å². The number of rotatable bonds is 6. The molecule has 1 aliphatic rings. The van der Waals surface area contributed by atoms with Crippen LogP contribution in [0.15, 0.2) is 72.9 Å². The molecule has 3 aromatic rings. The molecule has 148 valence electrons. The van der Waals surface area contributed by atoms with Crippen molar-refractivity contribution in [2.24, 2.45) is 0 Å². The molecule has 6 heteroatoms. The minimum Gasteiger partial charge on any atom is -0.378 e. The molecule has 29 heavy (non-hydrogen) atoms. The first-order chi connectivity index (χ1) is 14.3. The van der Waals surface area contributed by atoms with E-state index in [-0.39, 0.29) is 5.91 Å². The molecule has 6 nitrogen and oxygen atoms in total. The maximum absolute atomic E-state index is 12.7. The van der Waals surface area contributed by atoms with Crippen molar-refractivity contribution in [2.45, 2.75) is 6.54 Å². The van der Waals surface area contributed by atoms with Gasteiger partial charge in [0.25, 0.3) is 5.91 Å². The second-order valence-corrected chi connectivity index (χ2v) is 6.84. The third kappa shape index (κ3) is 4.92. The number of hydrogen-bond donors (Lipinski definition) is 2. The van der Waals surface area contributed by atoms with Crippen molar-refractivity contribution in [2.75, 3.05) is 36.5 Å². The highest BCUT2D eigenvalue weighted by Gasteiger charge is 2.13. The minimum atomic E-state index is -0.124. The Bertz CT molecular complexity index is 939. The van der Waals surface area contributed by atoms with Crippen molar-refractivity contribution in [1.29, 1.82) is 0 Å². The summed E-state index contributed by atoms with van der Waals surface area (Å²) >= 11 is 0. The number of nitrogens with zero attached hydrogens (tertiary/aromatic N) is 2. The van der Waals surface area contributed by atoms with Crippen molar-refractivity contribution in [3.05, 3.63) is 84.1 Å². The Balaban J connectivity index is 1.38. The summed E-state index contributed by atoms with van der Waals surface area (Å²) < 4.78 is 5.38. The number of morpholine rings is 1. The first kappa shape index (κ1) is 19.0. The van der Waals surface area contributed by atoms with Gasteiger partial charge in [-0.25, -0.2) is 4.98 Å². The monoisotopic (exact) mass is 388 g/mol. The summed E-state index contributed by atoms with van der Waals surface area (Å²) in [6, 6.07) is 21.3. The van der Waals surface area contributed by atoms with Crippen LogP contribution in [0.1, 0.15) is 15.9 Å². The Morgan fingerprint density at radius 2 is 1.72 bits per heavy atom. The Labute approximate surface area is 170 Å². The van der Waals surface area contributed by atoms with Crippen LogP contribution in [0, 0.1) is 0 Å². The Morgan fingerprint density at radius 1 is 0.966 bits per heavy atom. The summed E-state index contributed by atoms with van der Waals surface area (Å²) in [6.45, 7) is 3.60. The summed E-state index contributed by atoms with van der Waals surface area (Å²) in [5.74, 6) is 0.821. The third-order valence-corrected chi connectivity index (χ3v) is 4.82. The van der Waals surface area contributed by atoms with E-state index in [0.717, 1.165) is 49.1 Å². The van der Waals surface area contributed by atoms with E-state index >= 15 is 0 Å². The molecular formula is C23H24N4O2. The number of ether oxygens (including phenoxy) is 1. The van der Waals surface area contributed by atoms with Gasteiger partial charge in [0, 0.05) is 31.5 Å². The van der Waals surface area contributed by atoms with E-state index in [1.807, 2.05) is 72.9 Å². The van der Waals surface area contributed by atoms with Crippen molar-refractivity contribution in [3.63, 3.8) is 0 Å². The Morgan fingerprint density at radius 3 is 2.48 bits per heavy atom. The SMILES string of the molecule is O=C(NCc1ccc(N2CCOCC2)nc1)c1ccccc1Nc1ccccc1. The fourth-order valence-corrected chi connectivity index (χ4v) is 3.25. The van der Waals surface area contributed by atoms with Crippen LogP contribution >= 0.6 is 0 Å². The number of nitrogens with one attached hydrogen (secondary N) is 2. The van der Waals surface area contributed by atoms with E-state index in [1.54, 1.807) is 0 Å². The smallest absolute Gasteiger partial charge is 0.253 e. The van der Waals surface area contributed by atoms with Crippen LogP contribution in [0.2, 0.25) is 0 Å². The van der Waals surface area contributed by atoms with Gasteiger partial charge in [-0.05, 0) is 35.9 Å². The normalized spacial score (nSPS) is 13.7. The second-order valence-electron chi connectivity index (χ2n) is 6.84. The van der Waals surface area contributed by atoms with Crippen LogP contribution < -0.4 is 15.5 Å². The van der Waals surface area contributed by atoms with Gasteiger partial charge >= 0.3 is 0 Å². The van der Waals surface area contributed by atoms with Gasteiger partial charge in [0.2, 0.25) is 0 Å². The van der Waals surface area contributed by atoms with E-state index in [4.69, 9.17) is 4.74 Å². The average molecular weight is 388 g/mol. The molecule has 0 spiro atoms.